The lowest BCUT2D eigenvalue weighted by molar-refractivity contribution is -0.175. The fraction of sp³-hybridized carbons (Fsp3) is 0.373. The molecule has 20 nitrogen and oxygen atoms in total. The Balaban J connectivity index is 0.981. The Hall–Kier alpha value is -8.12. The molecule has 376 valence electrons. The van der Waals surface area contributed by atoms with E-state index in [2.05, 4.69) is 43.1 Å². The van der Waals surface area contributed by atoms with Gasteiger partial charge >= 0.3 is 18.2 Å². The average molecular weight is 1000 g/mol. The summed E-state index contributed by atoms with van der Waals surface area (Å²) in [6, 6.07) is 10.0. The maximum Gasteiger partial charge on any atom is 0.510 e. The average Bonchev–Trinajstić information content (AvgIpc) is 3.72. The van der Waals surface area contributed by atoms with Crippen LogP contribution in [0.2, 0.25) is 0 Å². The Kier molecular flexibility index (Phi) is 16.3. The highest BCUT2D eigenvalue weighted by molar-refractivity contribution is 7.71. The number of unbranched alkanes of at least 4 members (excludes halogenated alkanes) is 1. The largest absolute Gasteiger partial charge is 0.510 e. The van der Waals surface area contributed by atoms with Crippen molar-refractivity contribution in [2.24, 2.45) is 11.7 Å². The molecule has 7 rings (SSSR count). The maximum absolute atomic E-state index is 14.1. The van der Waals surface area contributed by atoms with Gasteiger partial charge in [-0.2, -0.15) is 0 Å². The van der Waals surface area contributed by atoms with Gasteiger partial charge in [-0.25, -0.2) is 24.4 Å². The molecule has 0 spiro atoms. The van der Waals surface area contributed by atoms with Crippen LogP contribution in [0.4, 0.5) is 15.3 Å². The van der Waals surface area contributed by atoms with Crippen LogP contribution in [0.5, 0.6) is 5.75 Å². The molecule has 0 radical (unpaired) electrons. The number of nitrogens with one attached hydrogen (secondary N) is 5. The van der Waals surface area contributed by atoms with Gasteiger partial charge in [0.15, 0.2) is 4.77 Å². The van der Waals surface area contributed by atoms with E-state index in [1.807, 2.05) is 6.92 Å². The van der Waals surface area contributed by atoms with Gasteiger partial charge in [-0.05, 0) is 97.8 Å². The summed E-state index contributed by atoms with van der Waals surface area (Å²) in [6.45, 7) is 6.86. The quantitative estimate of drug-likeness (QED) is 0.0246. The number of rotatable bonds is 18. The Bertz CT molecular complexity index is 3100. The molecule has 0 saturated heterocycles. The molecule has 5 amide bonds. The zero-order chi connectivity index (χ0) is 51.7. The first kappa shape index (κ1) is 51.7. The van der Waals surface area contributed by atoms with E-state index in [1.54, 1.807) is 80.2 Å². The van der Waals surface area contributed by atoms with Crippen molar-refractivity contribution in [1.82, 2.24) is 35.5 Å². The molecule has 5 aromatic rings. The van der Waals surface area contributed by atoms with Gasteiger partial charge in [0.2, 0.25) is 23.3 Å². The molecule has 0 aliphatic carbocycles. The number of primary amides is 1. The first-order valence-corrected chi connectivity index (χ1v) is 23.9. The molecule has 21 heteroatoms. The number of hydrogen-bond acceptors (Lipinski definition) is 14. The maximum atomic E-state index is 14.1. The summed E-state index contributed by atoms with van der Waals surface area (Å²) in [4.78, 5) is 104. The van der Waals surface area contributed by atoms with E-state index in [0.717, 1.165) is 16.5 Å². The number of carbonyl (C=O) groups is 6. The smallest absolute Gasteiger partial charge is 0.508 e. The second-order valence-electron chi connectivity index (χ2n) is 17.6. The minimum Gasteiger partial charge on any atom is -0.508 e. The highest BCUT2D eigenvalue weighted by Crippen LogP contribution is 2.42. The monoisotopic (exact) mass is 1000 g/mol. The number of nitrogens with zero attached hydrogens (tertiary/aromatic N) is 3. The van der Waals surface area contributed by atoms with Crippen LogP contribution in [-0.2, 0) is 65.2 Å². The van der Waals surface area contributed by atoms with E-state index < -0.39 is 53.2 Å². The number of urea groups is 1. The van der Waals surface area contributed by atoms with Crippen molar-refractivity contribution in [2.75, 3.05) is 11.9 Å². The molecule has 0 fully saturated rings. The fourth-order valence-corrected chi connectivity index (χ4v) is 8.79. The topological polar surface area (TPSA) is 288 Å². The summed E-state index contributed by atoms with van der Waals surface area (Å²) in [7, 11) is 0. The number of benzene rings is 2. The number of aryl methyl sites for hydroxylation is 1. The summed E-state index contributed by atoms with van der Waals surface area (Å²) in [5, 5.41) is 21.8. The second kappa shape index (κ2) is 22.7. The van der Waals surface area contributed by atoms with Crippen LogP contribution in [0.3, 0.4) is 0 Å². The number of pyridine rings is 2. The van der Waals surface area contributed by atoms with Gasteiger partial charge in [-0.15, -0.1) is 0 Å². The predicted octanol–water partition coefficient (Wildman–Crippen LogP) is 5.40. The van der Waals surface area contributed by atoms with Gasteiger partial charge in [-0.1, -0.05) is 51.7 Å². The summed E-state index contributed by atoms with van der Waals surface area (Å²) in [5.41, 5.74) is 7.96. The Morgan fingerprint density at radius 3 is 2.50 bits per heavy atom. The third kappa shape index (κ3) is 11.7. The Morgan fingerprint density at radius 1 is 1.03 bits per heavy atom. The number of aromatic hydroxyl groups is 1. The van der Waals surface area contributed by atoms with Crippen molar-refractivity contribution in [3.63, 3.8) is 0 Å². The van der Waals surface area contributed by atoms with E-state index in [-0.39, 0.29) is 80.7 Å². The van der Waals surface area contributed by atoms with Crippen LogP contribution >= 0.6 is 12.2 Å². The minimum absolute atomic E-state index is 0.0834. The molecule has 0 saturated carbocycles. The van der Waals surface area contributed by atoms with Crippen LogP contribution in [0.1, 0.15) is 99.6 Å². The lowest BCUT2D eigenvalue weighted by Gasteiger charge is -2.35. The summed E-state index contributed by atoms with van der Waals surface area (Å²) in [6.07, 6.45) is 3.86. The summed E-state index contributed by atoms with van der Waals surface area (Å²) < 4.78 is 18.7. The Morgan fingerprint density at radius 2 is 1.81 bits per heavy atom. The van der Waals surface area contributed by atoms with Crippen molar-refractivity contribution in [3.05, 3.63) is 109 Å². The van der Waals surface area contributed by atoms with Gasteiger partial charge in [-0.3, -0.25) is 19.2 Å². The number of carbonyl (C=O) groups excluding carboxylic acids is 6. The number of phenolic OH excluding ortho intramolecular Hbond substituents is 1. The number of aromatic nitrogens is 4. The zero-order valence-electron chi connectivity index (χ0n) is 40.1. The zero-order valence-corrected chi connectivity index (χ0v) is 41.0. The third-order valence-corrected chi connectivity index (χ3v) is 12.6. The molecule has 8 N–H and O–H groups in total. The van der Waals surface area contributed by atoms with Gasteiger partial charge in [0.25, 0.3) is 5.56 Å². The molecule has 0 bridgehead atoms. The van der Waals surface area contributed by atoms with Gasteiger partial charge in [0.05, 0.1) is 34.6 Å². The van der Waals surface area contributed by atoms with Gasteiger partial charge in [0.1, 0.15) is 31.0 Å². The highest BCUT2D eigenvalue weighted by atomic mass is 32.1. The molecule has 0 unspecified atom stereocenters. The number of amides is 5. The number of fused-ring (bicyclic) bond motifs is 5. The van der Waals surface area contributed by atoms with Crippen LogP contribution in [-0.4, -0.2) is 79.1 Å². The van der Waals surface area contributed by atoms with E-state index >= 15 is 0 Å². The summed E-state index contributed by atoms with van der Waals surface area (Å²) >= 11 is 4.94. The van der Waals surface area contributed by atoms with Crippen molar-refractivity contribution in [1.29, 1.82) is 0 Å². The van der Waals surface area contributed by atoms with Crippen molar-refractivity contribution in [3.8, 4) is 29.0 Å². The number of H-pyrrole nitrogens is 1. The van der Waals surface area contributed by atoms with Crippen LogP contribution < -0.4 is 32.6 Å². The molecule has 5 heterocycles. The normalized spacial score (nSPS) is 15.1. The SMILES string of the molecule is CCc1c2c(nc3ccc(O)cc13)-c1cc3c(c(=O)n1C2)COC(=O)[C@@]3(CC)OC(=O)OCc1ccc(NC(=O)[C@H](CCCNC(N)=O)NC(=O)[C@@H](NC(=O)CCCC#Cc2cnc(=S)[nH]c2)C(C)C)cc1. The van der Waals surface area contributed by atoms with Crippen molar-refractivity contribution < 1.29 is 48.1 Å². The van der Waals surface area contributed by atoms with E-state index in [4.69, 9.17) is 37.1 Å². The number of phenols is 1. The molecule has 3 aromatic heterocycles. The number of hydrogen-bond donors (Lipinski definition) is 7. The molecule has 72 heavy (non-hydrogen) atoms. The molecule has 2 aliphatic heterocycles. The van der Waals surface area contributed by atoms with Crippen LogP contribution in [0.15, 0.2) is 65.7 Å². The lowest BCUT2D eigenvalue weighted by Crippen LogP contribution is -2.54. The van der Waals surface area contributed by atoms with Crippen LogP contribution in [0, 0.1) is 22.5 Å². The molecule has 3 atom stereocenters. The van der Waals surface area contributed by atoms with E-state index in [9.17, 15) is 38.7 Å². The lowest BCUT2D eigenvalue weighted by atomic mass is 9.85. The van der Waals surface area contributed by atoms with E-state index in [1.165, 1.54) is 6.07 Å². The van der Waals surface area contributed by atoms with Gasteiger partial charge in [0, 0.05) is 54.0 Å². The number of ether oxygens (including phenoxy) is 3. The number of cyclic esters (lactones) is 1. The first-order valence-electron chi connectivity index (χ1n) is 23.5. The minimum atomic E-state index is -2.01. The van der Waals surface area contributed by atoms with Crippen LogP contribution in [0.25, 0.3) is 22.3 Å². The van der Waals surface area contributed by atoms with Crippen molar-refractivity contribution in [2.45, 2.75) is 110 Å². The standard InChI is InChI=1S/C51H55N9O11S/c1-5-33-34-21-32(61)18-19-38(34)57-43-35(33)25-60-40(43)22-37-36(46(60)65)27-69-47(66)51(37,6-2)71-50(68)70-26-29-14-16-31(17-15-29)56-44(63)39(12-10-20-53-48(52)67)58-45(64)42(28(3)4)59-41(62)13-9-7-8-11-30-23-54-49(72)55-24-30/h14-19,21-24,28,39,42,61H,5-7,9-10,12-13,20,25-27H2,1-4H3,(H,56,63)(H,58,64)(H,59,62)(H3,52,53,67)(H,54,55,72)/t39-,42-,51-/m0/s1. The third-order valence-electron chi connectivity index (χ3n) is 12.4. The highest BCUT2D eigenvalue weighted by Gasteiger charge is 2.51. The molecule has 2 aromatic carbocycles. The number of anilines is 1. The second-order valence-corrected chi connectivity index (χ2v) is 18.0. The first-order chi connectivity index (χ1) is 34.5. The number of esters is 1. The van der Waals surface area contributed by atoms with Gasteiger partial charge < -0.3 is 55.9 Å². The number of aromatic amines is 1. The molecular formula is C51H55N9O11S. The Labute approximate surface area is 418 Å². The number of nitrogens with two attached hydrogens (primary N) is 1. The van der Waals surface area contributed by atoms with E-state index in [0.29, 0.717) is 57.8 Å². The molecular weight excluding hydrogens is 947 g/mol. The fourth-order valence-electron chi connectivity index (χ4n) is 8.68. The summed E-state index contributed by atoms with van der Waals surface area (Å²) in [5.74, 6) is 3.29. The van der Waals surface area contributed by atoms with Crippen molar-refractivity contribution >= 4 is 64.7 Å². The predicted molar refractivity (Wildman–Crippen MR) is 265 cm³/mol. The molecule has 2 aliphatic rings.